The van der Waals surface area contributed by atoms with E-state index in [0.717, 1.165) is 0 Å². The summed E-state index contributed by atoms with van der Waals surface area (Å²) < 4.78 is -0.0556. The molecular weight excluding hydrogens is 116 g/mol. The van der Waals surface area contributed by atoms with E-state index in [9.17, 15) is 0 Å². The van der Waals surface area contributed by atoms with Crippen molar-refractivity contribution in [1.82, 2.24) is 0 Å². The first-order valence-electron chi connectivity index (χ1n) is 2.08. The van der Waals surface area contributed by atoms with Crippen molar-refractivity contribution in [3.05, 3.63) is 24.3 Å². The minimum atomic E-state index is -0.0556. The van der Waals surface area contributed by atoms with E-state index in [2.05, 4.69) is 20.5 Å². The second-order valence-electron chi connectivity index (χ2n) is 1.59. The molecule has 1 rings (SSSR count). The molecule has 2 heteroatoms. The van der Waals surface area contributed by atoms with E-state index in [4.69, 9.17) is 0 Å². The summed E-state index contributed by atoms with van der Waals surface area (Å²) in [5.74, 6) is 0. The lowest BCUT2D eigenvalue weighted by Gasteiger charge is -2.07. The van der Waals surface area contributed by atoms with E-state index in [1.54, 1.807) is 0 Å². The van der Waals surface area contributed by atoms with Gasteiger partial charge in [0.05, 0.1) is 0 Å². The van der Waals surface area contributed by atoms with Crippen molar-refractivity contribution >= 4 is 20.5 Å². The lowest BCUT2D eigenvalue weighted by Crippen LogP contribution is -2.01. The molecule has 0 amide bonds. The second kappa shape index (κ2) is 1.45. The molecule has 0 N–H and O–H groups in total. The Labute approximate surface area is 50.2 Å². The third kappa shape index (κ3) is 1.14. The highest BCUT2D eigenvalue weighted by Gasteiger charge is 2.10. The SMILES string of the molecule is [Si]C1([Si])C=CC=C1. The summed E-state index contributed by atoms with van der Waals surface area (Å²) in [6.07, 6.45) is 8.00. The van der Waals surface area contributed by atoms with E-state index in [-0.39, 0.29) is 4.66 Å². The molecule has 6 radical (unpaired) electrons. The van der Waals surface area contributed by atoms with Gasteiger partial charge in [-0.15, -0.1) is 0 Å². The zero-order valence-electron chi connectivity index (χ0n) is 3.81. The Hall–Kier alpha value is -0.0862. The Morgan fingerprint density at radius 3 is 1.57 bits per heavy atom. The summed E-state index contributed by atoms with van der Waals surface area (Å²) in [4.78, 5) is 0. The van der Waals surface area contributed by atoms with Crippen molar-refractivity contribution in [2.24, 2.45) is 0 Å². The number of hydrogen-bond acceptors (Lipinski definition) is 0. The topological polar surface area (TPSA) is 0 Å². The maximum absolute atomic E-state index is 3.43. The molecule has 0 aliphatic heterocycles. The van der Waals surface area contributed by atoms with Crippen LogP contribution in [-0.4, -0.2) is 20.5 Å². The van der Waals surface area contributed by atoms with Crippen LogP contribution < -0.4 is 0 Å². The smallest absolute Gasteiger partial charge is 0.0373 e. The molecule has 0 spiro atoms. The number of rotatable bonds is 0. The first kappa shape index (κ1) is 5.06. The highest BCUT2D eigenvalue weighted by Crippen LogP contribution is 2.23. The summed E-state index contributed by atoms with van der Waals surface area (Å²) in [5.41, 5.74) is 0. The largest absolute Gasteiger partial charge is 0.0816 e. The van der Waals surface area contributed by atoms with Gasteiger partial charge in [-0.05, 0) is 4.66 Å². The van der Waals surface area contributed by atoms with E-state index in [1.807, 2.05) is 24.3 Å². The average molecular weight is 120 g/mol. The molecule has 0 nitrogen and oxygen atoms in total. The molecular formula is C5H4Si2. The highest BCUT2D eigenvalue weighted by molar-refractivity contribution is 6.43. The van der Waals surface area contributed by atoms with E-state index in [1.165, 1.54) is 0 Å². The van der Waals surface area contributed by atoms with Crippen LogP contribution in [0.3, 0.4) is 0 Å². The number of allylic oxidation sites excluding steroid dienone is 4. The Morgan fingerprint density at radius 1 is 1.00 bits per heavy atom. The minimum absolute atomic E-state index is 0.0556. The molecule has 0 fully saturated rings. The molecule has 1 aliphatic carbocycles. The molecule has 0 aromatic rings. The molecule has 32 valence electrons. The van der Waals surface area contributed by atoms with Crippen molar-refractivity contribution in [2.75, 3.05) is 0 Å². The van der Waals surface area contributed by atoms with Gasteiger partial charge in [-0.1, -0.05) is 24.3 Å². The van der Waals surface area contributed by atoms with Crippen LogP contribution in [0.1, 0.15) is 0 Å². The second-order valence-corrected chi connectivity index (χ2v) is 3.74. The van der Waals surface area contributed by atoms with Crippen LogP contribution in [0.5, 0.6) is 0 Å². The van der Waals surface area contributed by atoms with Gasteiger partial charge in [0, 0.05) is 20.5 Å². The van der Waals surface area contributed by atoms with Crippen LogP contribution in [0.4, 0.5) is 0 Å². The summed E-state index contributed by atoms with van der Waals surface area (Å²) >= 11 is 0. The summed E-state index contributed by atoms with van der Waals surface area (Å²) in [6, 6.07) is 0. The monoisotopic (exact) mass is 120 g/mol. The van der Waals surface area contributed by atoms with Gasteiger partial charge < -0.3 is 0 Å². The van der Waals surface area contributed by atoms with Crippen LogP contribution in [0, 0.1) is 0 Å². The fourth-order valence-corrected chi connectivity index (χ4v) is 0.855. The average Bonchev–Trinajstić information content (AvgIpc) is 1.84. The Bertz CT molecular complexity index is 108. The van der Waals surface area contributed by atoms with Crippen molar-refractivity contribution in [3.8, 4) is 0 Å². The van der Waals surface area contributed by atoms with Crippen molar-refractivity contribution < 1.29 is 0 Å². The molecule has 0 bridgehead atoms. The van der Waals surface area contributed by atoms with Crippen molar-refractivity contribution in [2.45, 2.75) is 4.66 Å². The highest BCUT2D eigenvalue weighted by atomic mass is 28.2. The third-order valence-corrected chi connectivity index (χ3v) is 1.50. The fourth-order valence-electron chi connectivity index (χ4n) is 0.470. The van der Waals surface area contributed by atoms with Gasteiger partial charge in [-0.2, -0.15) is 0 Å². The van der Waals surface area contributed by atoms with E-state index >= 15 is 0 Å². The van der Waals surface area contributed by atoms with Crippen LogP contribution >= 0.6 is 0 Å². The maximum atomic E-state index is 3.43. The van der Waals surface area contributed by atoms with Gasteiger partial charge >= 0.3 is 0 Å². The maximum Gasteiger partial charge on any atom is 0.0373 e. The van der Waals surface area contributed by atoms with Gasteiger partial charge in [0.15, 0.2) is 0 Å². The van der Waals surface area contributed by atoms with Gasteiger partial charge in [-0.25, -0.2) is 0 Å². The first-order chi connectivity index (χ1) is 3.21. The minimum Gasteiger partial charge on any atom is -0.0816 e. The van der Waals surface area contributed by atoms with Gasteiger partial charge in [-0.3, -0.25) is 0 Å². The van der Waals surface area contributed by atoms with Crippen molar-refractivity contribution in [1.29, 1.82) is 0 Å². The molecule has 0 unspecified atom stereocenters. The van der Waals surface area contributed by atoms with Crippen LogP contribution in [-0.2, 0) is 0 Å². The molecule has 1 aliphatic rings. The molecule has 0 atom stereocenters. The molecule has 0 saturated heterocycles. The van der Waals surface area contributed by atoms with Crippen LogP contribution in [0.2, 0.25) is 4.66 Å². The quantitative estimate of drug-likeness (QED) is 0.410. The van der Waals surface area contributed by atoms with E-state index < -0.39 is 0 Å². The Balaban J connectivity index is 2.77. The van der Waals surface area contributed by atoms with Crippen LogP contribution in [0.15, 0.2) is 24.3 Å². The molecule has 7 heavy (non-hydrogen) atoms. The summed E-state index contributed by atoms with van der Waals surface area (Å²) in [5, 5.41) is 0. The lowest BCUT2D eigenvalue weighted by molar-refractivity contribution is 1.28. The molecule has 0 heterocycles. The normalized spacial score (nSPS) is 23.7. The standard InChI is InChI=1S/C5H4Si2/c6-5(7)3-1-2-4-5/h1-4H. The molecule has 0 aromatic carbocycles. The third-order valence-electron chi connectivity index (χ3n) is 0.829. The van der Waals surface area contributed by atoms with E-state index in [0.29, 0.717) is 0 Å². The van der Waals surface area contributed by atoms with Crippen molar-refractivity contribution in [3.63, 3.8) is 0 Å². The predicted molar refractivity (Wildman–Crippen MR) is 32.5 cm³/mol. The van der Waals surface area contributed by atoms with Gasteiger partial charge in [0.2, 0.25) is 0 Å². The fraction of sp³-hybridized carbons (Fsp3) is 0.200. The molecule has 0 saturated carbocycles. The zero-order valence-corrected chi connectivity index (χ0v) is 5.81. The lowest BCUT2D eigenvalue weighted by atomic mass is 10.4. The summed E-state index contributed by atoms with van der Waals surface area (Å²) in [6.45, 7) is 0. The predicted octanol–water partition coefficient (Wildman–Crippen LogP) is 0.566. The Kier molecular flexibility index (Phi) is 1.05. The number of hydrogen-bond donors (Lipinski definition) is 0. The van der Waals surface area contributed by atoms with Crippen LogP contribution in [0.25, 0.3) is 0 Å². The van der Waals surface area contributed by atoms with Gasteiger partial charge in [0.1, 0.15) is 0 Å². The summed E-state index contributed by atoms with van der Waals surface area (Å²) in [7, 11) is 6.86. The zero-order chi connectivity index (χ0) is 5.33. The first-order valence-corrected chi connectivity index (χ1v) is 3.08. The Morgan fingerprint density at radius 2 is 1.43 bits per heavy atom. The van der Waals surface area contributed by atoms with Gasteiger partial charge in [0.25, 0.3) is 0 Å². The molecule has 0 aromatic heterocycles.